The second kappa shape index (κ2) is 4.78. The first-order valence-corrected chi connectivity index (χ1v) is 6.45. The van der Waals surface area contributed by atoms with Crippen LogP contribution in [0.2, 0.25) is 0 Å². The lowest BCUT2D eigenvalue weighted by atomic mass is 10.1. The lowest BCUT2D eigenvalue weighted by Crippen LogP contribution is -2.48. The molecule has 0 saturated carbocycles. The maximum absolute atomic E-state index is 4.45. The molecule has 1 aliphatic rings. The summed E-state index contributed by atoms with van der Waals surface area (Å²) in [6, 6.07) is 0.599. The predicted molar refractivity (Wildman–Crippen MR) is 70.0 cm³/mol. The van der Waals surface area contributed by atoms with Crippen molar-refractivity contribution in [3.63, 3.8) is 0 Å². The molecule has 1 aromatic heterocycles. The minimum atomic E-state index is 0.0784. The highest BCUT2D eigenvalue weighted by Gasteiger charge is 2.18. The SMILES string of the molecule is C[C@@H]1CN(Cc2cnn(C(C)(C)C)c2)CCN1. The van der Waals surface area contributed by atoms with Gasteiger partial charge in [0.1, 0.15) is 0 Å². The third kappa shape index (κ3) is 3.30. The molecule has 2 rings (SSSR count). The number of hydrogen-bond donors (Lipinski definition) is 1. The summed E-state index contributed by atoms with van der Waals surface area (Å²) < 4.78 is 2.05. The zero-order valence-corrected chi connectivity index (χ0v) is 11.4. The van der Waals surface area contributed by atoms with Gasteiger partial charge in [-0.2, -0.15) is 5.10 Å². The summed E-state index contributed by atoms with van der Waals surface area (Å²) in [7, 11) is 0. The third-order valence-corrected chi connectivity index (χ3v) is 3.18. The van der Waals surface area contributed by atoms with E-state index >= 15 is 0 Å². The van der Waals surface area contributed by atoms with Crippen molar-refractivity contribution in [2.45, 2.75) is 45.8 Å². The average Bonchev–Trinajstić information content (AvgIpc) is 2.65. The number of nitrogens with zero attached hydrogens (tertiary/aromatic N) is 3. The first-order valence-electron chi connectivity index (χ1n) is 6.45. The van der Waals surface area contributed by atoms with Gasteiger partial charge in [0.15, 0.2) is 0 Å². The maximum Gasteiger partial charge on any atom is 0.0543 e. The van der Waals surface area contributed by atoms with Gasteiger partial charge >= 0.3 is 0 Å². The highest BCUT2D eigenvalue weighted by molar-refractivity contribution is 5.05. The van der Waals surface area contributed by atoms with Gasteiger partial charge in [0, 0.05) is 44.0 Å². The van der Waals surface area contributed by atoms with Gasteiger partial charge in [0.25, 0.3) is 0 Å². The van der Waals surface area contributed by atoms with Crippen LogP contribution in [0.1, 0.15) is 33.3 Å². The van der Waals surface area contributed by atoms with Crippen molar-refractivity contribution in [1.29, 1.82) is 0 Å². The first-order chi connectivity index (χ1) is 7.95. The van der Waals surface area contributed by atoms with Crippen molar-refractivity contribution in [1.82, 2.24) is 20.0 Å². The molecule has 1 aliphatic heterocycles. The van der Waals surface area contributed by atoms with Crippen LogP contribution in [0.3, 0.4) is 0 Å². The molecular weight excluding hydrogens is 212 g/mol. The van der Waals surface area contributed by atoms with E-state index in [4.69, 9.17) is 0 Å². The Morgan fingerprint density at radius 3 is 2.82 bits per heavy atom. The van der Waals surface area contributed by atoms with Crippen molar-refractivity contribution >= 4 is 0 Å². The molecule has 96 valence electrons. The lowest BCUT2D eigenvalue weighted by Gasteiger charge is -2.31. The Bertz CT molecular complexity index is 364. The average molecular weight is 236 g/mol. The Labute approximate surface area is 104 Å². The van der Waals surface area contributed by atoms with Gasteiger partial charge < -0.3 is 5.32 Å². The van der Waals surface area contributed by atoms with Crippen molar-refractivity contribution in [2.24, 2.45) is 0 Å². The largest absolute Gasteiger partial charge is 0.312 e. The second-order valence-corrected chi connectivity index (χ2v) is 6.05. The minimum absolute atomic E-state index is 0.0784. The number of hydrogen-bond acceptors (Lipinski definition) is 3. The molecule has 4 heteroatoms. The summed E-state index contributed by atoms with van der Waals surface area (Å²) >= 11 is 0. The smallest absolute Gasteiger partial charge is 0.0543 e. The van der Waals surface area contributed by atoms with Gasteiger partial charge in [-0.05, 0) is 27.7 Å². The van der Waals surface area contributed by atoms with Crippen LogP contribution in [0.4, 0.5) is 0 Å². The molecule has 1 fully saturated rings. The summed E-state index contributed by atoms with van der Waals surface area (Å²) in [4.78, 5) is 2.49. The number of aromatic nitrogens is 2. The van der Waals surface area contributed by atoms with Crippen LogP contribution in [0, 0.1) is 0 Å². The molecule has 4 nitrogen and oxygen atoms in total. The number of piperazine rings is 1. The van der Waals surface area contributed by atoms with E-state index in [9.17, 15) is 0 Å². The van der Waals surface area contributed by atoms with E-state index in [2.05, 4.69) is 49.2 Å². The summed E-state index contributed by atoms with van der Waals surface area (Å²) in [6.07, 6.45) is 4.17. The summed E-state index contributed by atoms with van der Waals surface area (Å²) in [5, 5.41) is 7.91. The zero-order chi connectivity index (χ0) is 12.5. The summed E-state index contributed by atoms with van der Waals surface area (Å²) in [6.45, 7) is 13.1. The number of rotatable bonds is 2. The Balaban J connectivity index is 1.97. The standard InChI is InChI=1S/C13H24N4/c1-11-8-16(6-5-14-11)9-12-7-15-17(10-12)13(2,3)4/h7,10-11,14H,5-6,8-9H2,1-4H3/t11-/m1/s1. The van der Waals surface area contributed by atoms with Crippen LogP contribution in [-0.4, -0.2) is 40.4 Å². The molecule has 17 heavy (non-hydrogen) atoms. The topological polar surface area (TPSA) is 33.1 Å². The van der Waals surface area contributed by atoms with E-state index in [1.165, 1.54) is 5.56 Å². The highest BCUT2D eigenvalue weighted by atomic mass is 15.3. The van der Waals surface area contributed by atoms with Gasteiger partial charge in [-0.3, -0.25) is 9.58 Å². The third-order valence-electron chi connectivity index (χ3n) is 3.18. The first kappa shape index (κ1) is 12.6. The van der Waals surface area contributed by atoms with E-state index in [0.717, 1.165) is 26.2 Å². The highest BCUT2D eigenvalue weighted by Crippen LogP contribution is 2.14. The molecule has 0 radical (unpaired) electrons. The quantitative estimate of drug-likeness (QED) is 0.843. The van der Waals surface area contributed by atoms with Crippen LogP contribution in [0.15, 0.2) is 12.4 Å². The van der Waals surface area contributed by atoms with Crippen LogP contribution in [-0.2, 0) is 12.1 Å². The molecule has 0 spiro atoms. The fourth-order valence-electron chi connectivity index (χ4n) is 2.22. The fraction of sp³-hybridized carbons (Fsp3) is 0.769. The normalized spacial score (nSPS) is 22.9. The molecule has 0 aromatic carbocycles. The van der Waals surface area contributed by atoms with Crippen LogP contribution < -0.4 is 5.32 Å². The second-order valence-electron chi connectivity index (χ2n) is 6.05. The summed E-state index contributed by atoms with van der Waals surface area (Å²) in [5.74, 6) is 0. The zero-order valence-electron chi connectivity index (χ0n) is 11.4. The van der Waals surface area contributed by atoms with Gasteiger partial charge in [0.2, 0.25) is 0 Å². The molecule has 1 atom stereocenters. The minimum Gasteiger partial charge on any atom is -0.312 e. The molecule has 0 unspecified atom stereocenters. The van der Waals surface area contributed by atoms with E-state index < -0.39 is 0 Å². The molecule has 1 saturated heterocycles. The number of nitrogens with one attached hydrogen (secondary N) is 1. The van der Waals surface area contributed by atoms with Gasteiger partial charge in [-0.1, -0.05) is 0 Å². The predicted octanol–water partition coefficient (Wildman–Crippen LogP) is 1.43. The van der Waals surface area contributed by atoms with E-state index in [-0.39, 0.29) is 5.54 Å². The van der Waals surface area contributed by atoms with E-state index in [1.807, 2.05) is 10.9 Å². The molecule has 0 aliphatic carbocycles. The van der Waals surface area contributed by atoms with Gasteiger partial charge in [-0.25, -0.2) is 0 Å². The van der Waals surface area contributed by atoms with Crippen LogP contribution in [0.25, 0.3) is 0 Å². The molecule has 1 N–H and O–H groups in total. The summed E-state index contributed by atoms with van der Waals surface area (Å²) in [5.41, 5.74) is 1.39. The van der Waals surface area contributed by atoms with Crippen molar-refractivity contribution < 1.29 is 0 Å². The van der Waals surface area contributed by atoms with Crippen molar-refractivity contribution in [3.8, 4) is 0 Å². The van der Waals surface area contributed by atoms with Crippen molar-refractivity contribution in [3.05, 3.63) is 18.0 Å². The maximum atomic E-state index is 4.45. The fourth-order valence-corrected chi connectivity index (χ4v) is 2.22. The molecule has 1 aromatic rings. The molecule has 0 bridgehead atoms. The monoisotopic (exact) mass is 236 g/mol. The lowest BCUT2D eigenvalue weighted by molar-refractivity contribution is 0.199. The van der Waals surface area contributed by atoms with Crippen LogP contribution in [0.5, 0.6) is 0 Å². The van der Waals surface area contributed by atoms with Crippen LogP contribution >= 0.6 is 0 Å². The molecule has 2 heterocycles. The van der Waals surface area contributed by atoms with Gasteiger partial charge in [0.05, 0.1) is 11.7 Å². The van der Waals surface area contributed by atoms with E-state index in [1.54, 1.807) is 0 Å². The Morgan fingerprint density at radius 2 is 2.24 bits per heavy atom. The molecule has 0 amide bonds. The van der Waals surface area contributed by atoms with E-state index in [0.29, 0.717) is 6.04 Å². The Kier molecular flexibility index (Phi) is 3.54. The van der Waals surface area contributed by atoms with Gasteiger partial charge in [-0.15, -0.1) is 0 Å². The Hall–Kier alpha value is -0.870. The Morgan fingerprint density at radius 1 is 1.47 bits per heavy atom. The molecular formula is C13H24N4. The van der Waals surface area contributed by atoms with Crippen molar-refractivity contribution in [2.75, 3.05) is 19.6 Å².